The van der Waals surface area contributed by atoms with Gasteiger partial charge >= 0.3 is 0 Å². The lowest BCUT2D eigenvalue weighted by Crippen LogP contribution is -2.43. The summed E-state index contributed by atoms with van der Waals surface area (Å²) in [7, 11) is 0. The van der Waals surface area contributed by atoms with Crippen molar-refractivity contribution in [2.45, 2.75) is 71.8 Å². The van der Waals surface area contributed by atoms with Gasteiger partial charge in [0, 0.05) is 18.3 Å². The second-order valence-corrected chi connectivity index (χ2v) is 9.08. The zero-order valence-electron chi connectivity index (χ0n) is 19.6. The maximum atomic E-state index is 13.9. The fraction of sp³-hybridized carbons (Fsp3) is 0.429. The van der Waals surface area contributed by atoms with Crippen LogP contribution in [-0.4, -0.2) is 29.3 Å². The summed E-state index contributed by atoms with van der Waals surface area (Å²) < 4.78 is 0. The Morgan fingerprint density at radius 2 is 1.50 bits per heavy atom. The molecule has 2 aromatic carbocycles. The molecule has 2 aromatic rings. The second kappa shape index (κ2) is 9.72. The van der Waals surface area contributed by atoms with Crippen molar-refractivity contribution < 1.29 is 9.59 Å². The highest BCUT2D eigenvalue weighted by Gasteiger charge is 2.44. The van der Waals surface area contributed by atoms with E-state index in [1.54, 1.807) is 4.90 Å². The van der Waals surface area contributed by atoms with E-state index in [2.05, 4.69) is 19.9 Å². The fourth-order valence-electron chi connectivity index (χ4n) is 5.04. The van der Waals surface area contributed by atoms with Gasteiger partial charge in [0.15, 0.2) is 0 Å². The average molecular weight is 431 g/mol. The molecule has 32 heavy (non-hydrogen) atoms. The monoisotopic (exact) mass is 430 g/mol. The van der Waals surface area contributed by atoms with Gasteiger partial charge in [-0.05, 0) is 62.4 Å². The number of carbonyl (C=O) groups excluding carboxylic acids is 2. The van der Waals surface area contributed by atoms with Crippen molar-refractivity contribution in [1.82, 2.24) is 4.90 Å². The summed E-state index contributed by atoms with van der Waals surface area (Å²) in [6.45, 7) is 6.78. The molecule has 1 saturated carbocycles. The van der Waals surface area contributed by atoms with Crippen LogP contribution in [0.3, 0.4) is 0 Å². The number of imide groups is 1. The van der Waals surface area contributed by atoms with Gasteiger partial charge < -0.3 is 4.90 Å². The highest BCUT2D eigenvalue weighted by Crippen LogP contribution is 2.37. The number of carbonyl (C=O) groups is 2. The summed E-state index contributed by atoms with van der Waals surface area (Å²) in [6, 6.07) is 16.0. The van der Waals surface area contributed by atoms with Crippen molar-refractivity contribution in [2.75, 3.05) is 11.4 Å². The zero-order valence-corrected chi connectivity index (χ0v) is 19.6. The lowest BCUT2D eigenvalue weighted by Gasteiger charge is -2.30. The minimum absolute atomic E-state index is 0.0103. The number of aryl methyl sites for hydroxylation is 2. The first-order valence-corrected chi connectivity index (χ1v) is 12.0. The lowest BCUT2D eigenvalue weighted by atomic mass is 9.95. The van der Waals surface area contributed by atoms with Crippen LogP contribution in [0.25, 0.3) is 5.57 Å². The molecule has 0 N–H and O–H groups in total. The summed E-state index contributed by atoms with van der Waals surface area (Å²) in [4.78, 5) is 31.4. The first-order valence-electron chi connectivity index (χ1n) is 12.0. The molecule has 0 spiro atoms. The lowest BCUT2D eigenvalue weighted by molar-refractivity contribution is -0.140. The molecule has 0 radical (unpaired) electrons. The highest BCUT2D eigenvalue weighted by molar-refractivity contribution is 6.37. The van der Waals surface area contributed by atoms with Crippen molar-refractivity contribution in [1.29, 1.82) is 0 Å². The number of para-hydroxylation sites is 1. The summed E-state index contributed by atoms with van der Waals surface area (Å²) in [5.41, 5.74) is 5.15. The van der Waals surface area contributed by atoms with Crippen molar-refractivity contribution in [3.63, 3.8) is 0 Å². The molecule has 4 nitrogen and oxygen atoms in total. The Hall–Kier alpha value is -2.88. The third-order valence-corrected chi connectivity index (χ3v) is 6.98. The molecular weight excluding hydrogens is 396 g/mol. The van der Waals surface area contributed by atoms with Gasteiger partial charge in [0.25, 0.3) is 11.8 Å². The van der Waals surface area contributed by atoms with E-state index in [1.807, 2.05) is 54.3 Å². The SMILES string of the molecule is CCN(C1=C(c2ccc(C)c(C)c2)C(=O)N(C2CCCCCCC2)C1=O)c1ccccc1. The van der Waals surface area contributed by atoms with E-state index in [-0.39, 0.29) is 17.9 Å². The predicted octanol–water partition coefficient (Wildman–Crippen LogP) is 6.02. The second-order valence-electron chi connectivity index (χ2n) is 9.08. The van der Waals surface area contributed by atoms with E-state index >= 15 is 0 Å². The molecule has 4 rings (SSSR count). The van der Waals surface area contributed by atoms with Crippen LogP contribution < -0.4 is 4.90 Å². The largest absolute Gasteiger partial charge is 0.337 e. The maximum Gasteiger partial charge on any atom is 0.278 e. The summed E-state index contributed by atoms with van der Waals surface area (Å²) >= 11 is 0. The number of nitrogens with zero attached hydrogens (tertiary/aromatic N) is 2. The van der Waals surface area contributed by atoms with Gasteiger partial charge in [-0.15, -0.1) is 0 Å². The summed E-state index contributed by atoms with van der Waals surface area (Å²) in [6.07, 6.45) is 7.58. The average Bonchev–Trinajstić information content (AvgIpc) is 3.02. The third-order valence-electron chi connectivity index (χ3n) is 6.98. The molecule has 0 saturated heterocycles. The Morgan fingerprint density at radius 3 is 2.12 bits per heavy atom. The molecule has 2 aliphatic rings. The molecule has 1 heterocycles. The number of amides is 2. The van der Waals surface area contributed by atoms with Crippen LogP contribution in [0.2, 0.25) is 0 Å². The predicted molar refractivity (Wildman–Crippen MR) is 130 cm³/mol. The fourth-order valence-corrected chi connectivity index (χ4v) is 5.04. The van der Waals surface area contributed by atoms with Crippen LogP contribution in [0.15, 0.2) is 54.2 Å². The van der Waals surface area contributed by atoms with Gasteiger partial charge in [0.2, 0.25) is 0 Å². The smallest absolute Gasteiger partial charge is 0.278 e. The summed E-state index contributed by atoms with van der Waals surface area (Å²) in [5, 5.41) is 0. The van der Waals surface area contributed by atoms with Crippen molar-refractivity contribution in [2.24, 2.45) is 0 Å². The van der Waals surface area contributed by atoms with Crippen molar-refractivity contribution >= 4 is 23.1 Å². The van der Waals surface area contributed by atoms with Crippen LogP contribution >= 0.6 is 0 Å². The van der Waals surface area contributed by atoms with E-state index in [0.29, 0.717) is 17.8 Å². The molecule has 0 aromatic heterocycles. The standard InChI is InChI=1S/C28H34N2O2/c1-4-29(23-13-11-8-12-14-23)26-25(22-18-17-20(2)21(3)19-22)27(31)30(28(26)32)24-15-9-6-5-7-10-16-24/h8,11-14,17-19,24H,4-7,9-10,15-16H2,1-3H3. The Labute approximate surface area is 191 Å². The van der Waals surface area contributed by atoms with Gasteiger partial charge in [-0.2, -0.15) is 0 Å². The van der Waals surface area contributed by atoms with Crippen LogP contribution in [0, 0.1) is 13.8 Å². The molecule has 2 amide bonds. The van der Waals surface area contributed by atoms with Crippen LogP contribution in [0.4, 0.5) is 5.69 Å². The molecule has 168 valence electrons. The van der Waals surface area contributed by atoms with Crippen LogP contribution in [0.5, 0.6) is 0 Å². The maximum absolute atomic E-state index is 13.9. The Morgan fingerprint density at radius 1 is 0.844 bits per heavy atom. The molecule has 4 heteroatoms. The molecule has 1 fully saturated rings. The minimum atomic E-state index is -0.139. The van der Waals surface area contributed by atoms with Crippen molar-refractivity contribution in [3.05, 3.63) is 70.9 Å². The van der Waals surface area contributed by atoms with E-state index < -0.39 is 0 Å². The third kappa shape index (κ3) is 4.23. The number of hydrogen-bond acceptors (Lipinski definition) is 3. The van der Waals surface area contributed by atoms with Crippen LogP contribution in [-0.2, 0) is 9.59 Å². The molecule has 0 unspecified atom stereocenters. The number of hydrogen-bond donors (Lipinski definition) is 0. The topological polar surface area (TPSA) is 40.6 Å². The Kier molecular flexibility index (Phi) is 6.78. The summed E-state index contributed by atoms with van der Waals surface area (Å²) in [5.74, 6) is -0.271. The van der Waals surface area contributed by atoms with Gasteiger partial charge in [-0.1, -0.05) is 68.5 Å². The quantitative estimate of drug-likeness (QED) is 0.544. The van der Waals surface area contributed by atoms with E-state index in [4.69, 9.17) is 0 Å². The van der Waals surface area contributed by atoms with Gasteiger partial charge in [0.05, 0.1) is 5.57 Å². The van der Waals surface area contributed by atoms with Gasteiger partial charge in [-0.3, -0.25) is 14.5 Å². The van der Waals surface area contributed by atoms with Gasteiger partial charge in [0.1, 0.15) is 5.70 Å². The minimum Gasteiger partial charge on any atom is -0.337 e. The number of rotatable bonds is 5. The first-order chi connectivity index (χ1) is 15.5. The number of anilines is 1. The zero-order chi connectivity index (χ0) is 22.7. The highest BCUT2D eigenvalue weighted by atomic mass is 16.2. The first kappa shape index (κ1) is 22.3. The molecular formula is C28H34N2O2. The van der Waals surface area contributed by atoms with Crippen LogP contribution in [0.1, 0.15) is 68.6 Å². The molecule has 0 atom stereocenters. The molecule has 0 bridgehead atoms. The molecule has 1 aliphatic carbocycles. The van der Waals surface area contributed by atoms with Crippen molar-refractivity contribution in [3.8, 4) is 0 Å². The van der Waals surface area contributed by atoms with Gasteiger partial charge in [-0.25, -0.2) is 0 Å². The molecule has 1 aliphatic heterocycles. The Balaban J connectivity index is 1.83. The Bertz CT molecular complexity index is 1020. The number of likely N-dealkylation sites (N-methyl/N-ethyl adjacent to an activating group) is 1. The van der Waals surface area contributed by atoms with E-state index in [1.165, 1.54) is 24.8 Å². The number of benzene rings is 2. The normalized spacial score (nSPS) is 18.2. The van der Waals surface area contributed by atoms with E-state index in [9.17, 15) is 9.59 Å². The van der Waals surface area contributed by atoms with E-state index in [0.717, 1.165) is 42.5 Å².